The Hall–Kier alpha value is 5.13. The monoisotopic (exact) mass is 425 g/mol. The molecule has 0 aliphatic rings. The normalized spacial score (nSPS) is 0. The average Bonchev–Trinajstić information content (AvgIpc) is 0. The average molecular weight is 425 g/mol. The first-order chi connectivity index (χ1) is 0. The fraction of sp³-hybridized carbons (Fsp3) is 0. The molecular weight excluding hydrogens is 425 g/mol. The van der Waals surface area contributed by atoms with E-state index in [1.807, 2.05) is 0 Å². The van der Waals surface area contributed by atoms with Gasteiger partial charge in [0.1, 0.15) is 0 Å². The number of hydrogen-bond donors (Lipinski definition) is 0. The number of hydrogen-bond acceptors (Lipinski definition) is 0. The molecule has 15 valence electrons. The van der Waals surface area contributed by atoms with Gasteiger partial charge in [0.05, 0.1) is 0 Å². The molecule has 0 spiro atoms. The second kappa shape index (κ2) is 22.9. The summed E-state index contributed by atoms with van der Waals surface area (Å²) in [7, 11) is 0. The second-order valence-electron chi connectivity index (χ2n) is 0. The minimum absolute atomic E-state index is 0. The van der Waals surface area contributed by atoms with Crippen LogP contribution in [0.1, 0.15) is 0 Å². The second-order valence-corrected chi connectivity index (χ2v) is 0. The summed E-state index contributed by atoms with van der Waals surface area (Å²) in [6.07, 6.45) is 0. The topological polar surface area (TPSA) is 0 Å². The molecule has 0 amide bonds. The van der Waals surface area contributed by atoms with Crippen LogP contribution < -0.4 is 0 Å². The van der Waals surface area contributed by atoms with E-state index in [0.717, 1.165) is 0 Å². The molecule has 0 aliphatic heterocycles. The van der Waals surface area contributed by atoms with Crippen molar-refractivity contribution in [1.82, 2.24) is 0 Å². The van der Waals surface area contributed by atoms with Crippen molar-refractivity contribution >= 4 is 80.9 Å². The van der Waals surface area contributed by atoms with E-state index in [1.165, 1.54) is 0 Å². The summed E-state index contributed by atoms with van der Waals surface area (Å²) < 4.78 is 0. The van der Waals surface area contributed by atoms with Gasteiger partial charge in [-0.3, -0.25) is 0 Å². The maximum atomic E-state index is 0. The zero-order valence-electron chi connectivity index (χ0n) is 3.45. The van der Waals surface area contributed by atoms with Gasteiger partial charge in [-0.25, -0.2) is 0 Å². The predicted octanol–water partition coefficient (Wildman–Crippen LogP) is -0.769. The largest absolute Gasteiger partial charge is 0 e. The molecule has 5 heavy (non-hydrogen) atoms. The predicted molar refractivity (Wildman–Crippen MR) is 11.5 cm³/mol. The van der Waals surface area contributed by atoms with Crippen LogP contribution in [0.25, 0.3) is 0 Å². The van der Waals surface area contributed by atoms with E-state index < -0.39 is 0 Å². The van der Waals surface area contributed by atoms with E-state index in [2.05, 4.69) is 0 Å². The van der Waals surface area contributed by atoms with Crippen molar-refractivity contribution in [3.05, 3.63) is 0 Å². The van der Waals surface area contributed by atoms with Gasteiger partial charge >= 0.3 is 0 Å². The van der Waals surface area contributed by atoms with E-state index in [-0.39, 0.29) is 155 Å². The third-order valence-corrected chi connectivity index (χ3v) is 0. The molecule has 0 bridgehead atoms. The van der Waals surface area contributed by atoms with Crippen molar-refractivity contribution in [1.29, 1.82) is 0 Å². The van der Waals surface area contributed by atoms with Gasteiger partial charge in [0.2, 0.25) is 0 Å². The SMILES string of the molecule is [Hf].[K].[Na].[Nb].[Zr]. The van der Waals surface area contributed by atoms with Crippen molar-refractivity contribution in [3.8, 4) is 0 Å². The van der Waals surface area contributed by atoms with Crippen LogP contribution in [0.3, 0.4) is 0 Å². The van der Waals surface area contributed by atoms with Gasteiger partial charge in [-0.1, -0.05) is 0 Å². The summed E-state index contributed by atoms with van der Waals surface area (Å²) in [6, 6.07) is 0. The van der Waals surface area contributed by atoms with Crippen molar-refractivity contribution in [2.24, 2.45) is 0 Å². The molecule has 0 heterocycles. The van der Waals surface area contributed by atoms with Gasteiger partial charge in [-0.15, -0.1) is 0 Å². The van der Waals surface area contributed by atoms with Gasteiger partial charge in [-0.05, 0) is 0 Å². The third-order valence-electron chi connectivity index (χ3n) is 0. The summed E-state index contributed by atoms with van der Waals surface area (Å²) in [5.74, 6) is 0. The fourth-order valence-electron chi connectivity index (χ4n) is 0. The summed E-state index contributed by atoms with van der Waals surface area (Å²) in [5.41, 5.74) is 0. The van der Waals surface area contributed by atoms with Crippen LogP contribution in [-0.4, -0.2) is 80.9 Å². The van der Waals surface area contributed by atoms with Crippen molar-refractivity contribution in [2.45, 2.75) is 0 Å². The summed E-state index contributed by atoms with van der Waals surface area (Å²) in [5, 5.41) is 0. The molecule has 0 fully saturated rings. The summed E-state index contributed by atoms with van der Waals surface area (Å²) >= 11 is 0. The Balaban J connectivity index is 0. The van der Waals surface area contributed by atoms with Crippen LogP contribution in [0.5, 0.6) is 0 Å². The van der Waals surface area contributed by atoms with Crippen LogP contribution in [-0.2, 0) is 74.4 Å². The first-order valence-corrected chi connectivity index (χ1v) is 0. The van der Waals surface area contributed by atoms with E-state index >= 15 is 0 Å². The number of rotatable bonds is 0. The maximum Gasteiger partial charge on any atom is 0 e. The van der Waals surface area contributed by atoms with Gasteiger partial charge in [-0.2, -0.15) is 0 Å². The Kier molecular flexibility index (Phi) is 147. The Bertz CT molecular complexity index is 11.6. The smallest absolute Gasteiger partial charge is 0 e. The first kappa shape index (κ1) is 32.1. The molecular formula is HfKNaNbZr. The zero-order valence-corrected chi connectivity index (χ0v) is 16.8. The standard InChI is InChI=1S/Hf.K.Na.Nb.Zr. The van der Waals surface area contributed by atoms with Crippen molar-refractivity contribution in [2.75, 3.05) is 0 Å². The molecule has 3 radical (unpaired) electrons. The minimum atomic E-state index is 0. The Labute approximate surface area is 150 Å². The zero-order chi connectivity index (χ0) is 0. The molecule has 0 aromatic rings. The van der Waals surface area contributed by atoms with Crippen LogP contribution in [0.2, 0.25) is 0 Å². The molecule has 0 saturated heterocycles. The van der Waals surface area contributed by atoms with Crippen molar-refractivity contribution in [3.63, 3.8) is 0 Å². The molecule has 5 heteroatoms. The van der Waals surface area contributed by atoms with E-state index in [9.17, 15) is 0 Å². The van der Waals surface area contributed by atoms with Crippen LogP contribution in [0, 0.1) is 0 Å². The molecule has 0 saturated carbocycles. The quantitative estimate of drug-likeness (QED) is 0.448. The maximum absolute atomic E-state index is 0. The third kappa shape index (κ3) is 17.6. The van der Waals surface area contributed by atoms with Gasteiger partial charge in [0, 0.05) is 155 Å². The molecule has 0 rings (SSSR count). The fourth-order valence-corrected chi connectivity index (χ4v) is 0. The van der Waals surface area contributed by atoms with E-state index in [0.29, 0.717) is 0 Å². The van der Waals surface area contributed by atoms with Crippen LogP contribution in [0.15, 0.2) is 0 Å². The molecule has 0 N–H and O–H groups in total. The van der Waals surface area contributed by atoms with Crippen molar-refractivity contribution < 1.29 is 74.4 Å². The van der Waals surface area contributed by atoms with E-state index in [4.69, 9.17) is 0 Å². The molecule has 0 atom stereocenters. The first-order valence-electron chi connectivity index (χ1n) is 0. The summed E-state index contributed by atoms with van der Waals surface area (Å²) in [6.45, 7) is 0. The van der Waals surface area contributed by atoms with E-state index in [1.54, 1.807) is 0 Å². The minimum Gasteiger partial charge on any atom is 0 e. The summed E-state index contributed by atoms with van der Waals surface area (Å²) in [4.78, 5) is 0. The molecule has 0 aliphatic carbocycles. The molecule has 0 aromatic carbocycles. The van der Waals surface area contributed by atoms with Crippen LogP contribution >= 0.6 is 0 Å². The van der Waals surface area contributed by atoms with Gasteiger partial charge in [0.15, 0.2) is 0 Å². The Morgan fingerprint density at radius 2 is 1.00 bits per heavy atom. The molecule has 0 unspecified atom stereocenters. The van der Waals surface area contributed by atoms with Gasteiger partial charge in [0.25, 0.3) is 0 Å². The molecule has 0 nitrogen and oxygen atoms in total. The van der Waals surface area contributed by atoms with Gasteiger partial charge < -0.3 is 0 Å². The Morgan fingerprint density at radius 1 is 1.00 bits per heavy atom. The Morgan fingerprint density at radius 3 is 1.00 bits per heavy atom. The van der Waals surface area contributed by atoms with Crippen LogP contribution in [0.4, 0.5) is 0 Å². The molecule has 0 aromatic heterocycles.